The lowest BCUT2D eigenvalue weighted by Gasteiger charge is -2.11. The van der Waals surface area contributed by atoms with E-state index in [9.17, 15) is 0 Å². The van der Waals surface area contributed by atoms with Crippen molar-refractivity contribution in [3.8, 4) is 17.2 Å². The van der Waals surface area contributed by atoms with Gasteiger partial charge in [0.1, 0.15) is 17.2 Å². The molecule has 0 heterocycles. The Labute approximate surface area is 154 Å². The summed E-state index contributed by atoms with van der Waals surface area (Å²) in [5.41, 5.74) is 2.30. The van der Waals surface area contributed by atoms with E-state index in [4.69, 9.17) is 21.1 Å². The Bertz CT molecular complexity index is 815. The van der Waals surface area contributed by atoms with E-state index in [1.165, 1.54) is 5.56 Å². The van der Waals surface area contributed by atoms with Gasteiger partial charge in [0, 0.05) is 5.02 Å². The number of hydrogen-bond donors (Lipinski definition) is 0. The first-order valence-electron chi connectivity index (χ1n) is 8.48. The van der Waals surface area contributed by atoms with Gasteiger partial charge in [-0.15, -0.1) is 0 Å². The van der Waals surface area contributed by atoms with Crippen LogP contribution < -0.4 is 9.47 Å². The molecule has 0 aliphatic rings. The fraction of sp³-hybridized carbons (Fsp3) is 0.182. The molecule has 0 N–H and O–H groups in total. The van der Waals surface area contributed by atoms with Gasteiger partial charge in [0.2, 0.25) is 0 Å². The average molecular weight is 353 g/mol. The topological polar surface area (TPSA) is 18.5 Å². The summed E-state index contributed by atoms with van der Waals surface area (Å²) < 4.78 is 11.5. The van der Waals surface area contributed by atoms with Crippen molar-refractivity contribution in [3.63, 3.8) is 0 Å². The Kier molecular flexibility index (Phi) is 5.97. The second kappa shape index (κ2) is 8.59. The third kappa shape index (κ3) is 4.77. The van der Waals surface area contributed by atoms with Crippen LogP contribution in [0.3, 0.4) is 0 Å². The van der Waals surface area contributed by atoms with Crippen LogP contribution in [-0.2, 0) is 12.8 Å². The van der Waals surface area contributed by atoms with Crippen molar-refractivity contribution in [2.45, 2.75) is 19.8 Å². The fourth-order valence-electron chi connectivity index (χ4n) is 2.69. The molecule has 0 unspecified atom stereocenters. The summed E-state index contributed by atoms with van der Waals surface area (Å²) in [6.07, 6.45) is 1.74. The maximum absolute atomic E-state index is 6.45. The minimum absolute atomic E-state index is 0.670. The average Bonchev–Trinajstić information content (AvgIpc) is 2.63. The highest BCUT2D eigenvalue weighted by Crippen LogP contribution is 2.28. The summed E-state index contributed by atoms with van der Waals surface area (Å²) in [4.78, 5) is 0. The maximum atomic E-state index is 6.45. The SMILES string of the molecule is CCOc1ccccc1CCc1ccc(Oc2ccccc2)cc1Cl. The molecule has 3 rings (SSSR count). The van der Waals surface area contributed by atoms with Gasteiger partial charge in [-0.25, -0.2) is 0 Å². The standard InChI is InChI=1S/C22H21ClO2/c1-2-24-22-11-7-6-8-18(22)13-12-17-14-15-20(16-21(17)23)25-19-9-4-3-5-10-19/h3-11,14-16H,2,12-13H2,1H3. The van der Waals surface area contributed by atoms with Gasteiger partial charge in [-0.05, 0) is 61.2 Å². The maximum Gasteiger partial charge on any atom is 0.128 e. The van der Waals surface area contributed by atoms with Crippen molar-refractivity contribution in [1.29, 1.82) is 0 Å². The van der Waals surface area contributed by atoms with E-state index < -0.39 is 0 Å². The van der Waals surface area contributed by atoms with Gasteiger partial charge in [0.05, 0.1) is 6.61 Å². The molecule has 0 aliphatic carbocycles. The van der Waals surface area contributed by atoms with E-state index in [2.05, 4.69) is 6.07 Å². The molecule has 2 nitrogen and oxygen atoms in total. The zero-order valence-electron chi connectivity index (χ0n) is 14.2. The first-order chi connectivity index (χ1) is 12.3. The number of ether oxygens (including phenoxy) is 2. The normalized spacial score (nSPS) is 10.5. The van der Waals surface area contributed by atoms with Gasteiger partial charge in [0.15, 0.2) is 0 Å². The Morgan fingerprint density at radius 2 is 1.48 bits per heavy atom. The van der Waals surface area contributed by atoms with Crippen LogP contribution in [0.1, 0.15) is 18.1 Å². The molecular weight excluding hydrogens is 332 g/mol. The van der Waals surface area contributed by atoms with Crippen molar-refractivity contribution >= 4 is 11.6 Å². The van der Waals surface area contributed by atoms with Gasteiger partial charge in [-0.1, -0.05) is 54.1 Å². The number of halogens is 1. The monoisotopic (exact) mass is 352 g/mol. The summed E-state index contributed by atoms with van der Waals surface area (Å²) in [6, 6.07) is 23.7. The zero-order valence-corrected chi connectivity index (χ0v) is 15.0. The molecule has 0 spiro atoms. The smallest absolute Gasteiger partial charge is 0.128 e. The van der Waals surface area contributed by atoms with E-state index in [0.29, 0.717) is 6.61 Å². The molecule has 128 valence electrons. The lowest BCUT2D eigenvalue weighted by atomic mass is 10.0. The lowest BCUT2D eigenvalue weighted by Crippen LogP contribution is -1.99. The second-order valence-corrected chi connectivity index (χ2v) is 6.12. The van der Waals surface area contributed by atoms with Crippen LogP contribution in [-0.4, -0.2) is 6.61 Å². The van der Waals surface area contributed by atoms with Crippen molar-refractivity contribution in [2.24, 2.45) is 0 Å². The summed E-state index contributed by atoms with van der Waals surface area (Å²) in [7, 11) is 0. The Morgan fingerprint density at radius 1 is 0.760 bits per heavy atom. The molecule has 3 aromatic carbocycles. The van der Waals surface area contributed by atoms with Gasteiger partial charge < -0.3 is 9.47 Å². The lowest BCUT2D eigenvalue weighted by molar-refractivity contribution is 0.336. The van der Waals surface area contributed by atoms with Crippen LogP contribution >= 0.6 is 11.6 Å². The molecule has 0 saturated heterocycles. The van der Waals surface area contributed by atoms with Gasteiger partial charge in [0.25, 0.3) is 0 Å². The minimum Gasteiger partial charge on any atom is -0.494 e. The summed E-state index contributed by atoms with van der Waals surface area (Å²) >= 11 is 6.45. The van der Waals surface area contributed by atoms with Crippen LogP contribution in [0.4, 0.5) is 0 Å². The number of rotatable bonds is 7. The second-order valence-electron chi connectivity index (χ2n) is 5.71. The quantitative estimate of drug-likeness (QED) is 0.495. The van der Waals surface area contributed by atoms with Crippen LogP contribution in [0.25, 0.3) is 0 Å². The van der Waals surface area contributed by atoms with Crippen molar-refractivity contribution in [3.05, 3.63) is 88.9 Å². The fourth-order valence-corrected chi connectivity index (χ4v) is 2.96. The molecule has 0 aromatic heterocycles. The highest BCUT2D eigenvalue weighted by Gasteiger charge is 2.07. The molecule has 0 fully saturated rings. The molecule has 25 heavy (non-hydrogen) atoms. The predicted molar refractivity (Wildman–Crippen MR) is 103 cm³/mol. The summed E-state index contributed by atoms with van der Waals surface area (Å²) in [6.45, 7) is 2.67. The third-order valence-electron chi connectivity index (χ3n) is 3.94. The van der Waals surface area contributed by atoms with Crippen LogP contribution in [0.15, 0.2) is 72.8 Å². The summed E-state index contributed by atoms with van der Waals surface area (Å²) in [5.74, 6) is 2.50. The molecule has 0 saturated carbocycles. The van der Waals surface area contributed by atoms with Crippen molar-refractivity contribution < 1.29 is 9.47 Å². The molecule has 0 amide bonds. The van der Waals surface area contributed by atoms with Crippen molar-refractivity contribution in [1.82, 2.24) is 0 Å². The number of para-hydroxylation sites is 2. The van der Waals surface area contributed by atoms with E-state index in [1.807, 2.05) is 73.7 Å². The zero-order chi connectivity index (χ0) is 17.5. The van der Waals surface area contributed by atoms with Crippen LogP contribution in [0.5, 0.6) is 17.2 Å². The molecule has 0 atom stereocenters. The van der Waals surface area contributed by atoms with Crippen molar-refractivity contribution in [2.75, 3.05) is 6.61 Å². The first-order valence-corrected chi connectivity index (χ1v) is 8.86. The Hall–Kier alpha value is -2.45. The van der Waals surface area contributed by atoms with Crippen LogP contribution in [0, 0.1) is 0 Å². The number of benzene rings is 3. The highest BCUT2D eigenvalue weighted by molar-refractivity contribution is 6.31. The van der Waals surface area contributed by atoms with Gasteiger partial charge in [-0.3, -0.25) is 0 Å². The molecule has 3 heteroatoms. The van der Waals surface area contributed by atoms with Gasteiger partial charge >= 0.3 is 0 Å². The van der Waals surface area contributed by atoms with Crippen LogP contribution in [0.2, 0.25) is 5.02 Å². The van der Waals surface area contributed by atoms with E-state index in [0.717, 1.165) is 40.7 Å². The minimum atomic E-state index is 0.670. The molecule has 0 bridgehead atoms. The van der Waals surface area contributed by atoms with Gasteiger partial charge in [-0.2, -0.15) is 0 Å². The van der Waals surface area contributed by atoms with E-state index >= 15 is 0 Å². The first kappa shape index (κ1) is 17.4. The Morgan fingerprint density at radius 3 is 2.24 bits per heavy atom. The molecule has 3 aromatic rings. The highest BCUT2D eigenvalue weighted by atomic mass is 35.5. The third-order valence-corrected chi connectivity index (χ3v) is 4.29. The summed E-state index contributed by atoms with van der Waals surface area (Å²) in [5, 5.41) is 0.724. The number of aryl methyl sites for hydroxylation is 2. The molecule has 0 radical (unpaired) electrons. The van der Waals surface area contributed by atoms with E-state index in [1.54, 1.807) is 0 Å². The molecular formula is C22H21ClO2. The largest absolute Gasteiger partial charge is 0.494 e. The Balaban J connectivity index is 1.68. The van der Waals surface area contributed by atoms with E-state index in [-0.39, 0.29) is 0 Å². The molecule has 0 aliphatic heterocycles. The predicted octanol–water partition coefficient (Wildman–Crippen LogP) is 6.32. The number of hydrogen-bond acceptors (Lipinski definition) is 2.